The molecule has 0 bridgehead atoms. The normalized spacial score (nSPS) is 18.3. The van der Waals surface area contributed by atoms with Gasteiger partial charge in [0.1, 0.15) is 11.6 Å². The highest BCUT2D eigenvalue weighted by Gasteiger charge is 2.53. The van der Waals surface area contributed by atoms with Crippen LogP contribution in [-0.2, 0) is 15.0 Å². The molecule has 1 aliphatic carbocycles. The van der Waals surface area contributed by atoms with Crippen LogP contribution < -0.4 is 9.64 Å². The number of ether oxygens (including phenoxy) is 1. The summed E-state index contributed by atoms with van der Waals surface area (Å²) < 4.78 is 18.6. The van der Waals surface area contributed by atoms with Crippen molar-refractivity contribution in [3.8, 4) is 5.75 Å². The van der Waals surface area contributed by atoms with E-state index in [1.807, 2.05) is 0 Å². The van der Waals surface area contributed by atoms with E-state index in [-0.39, 0.29) is 17.7 Å². The lowest BCUT2D eigenvalue weighted by molar-refractivity contribution is -0.137. The first kappa shape index (κ1) is 15.8. The number of esters is 1. The first-order valence-corrected chi connectivity index (χ1v) is 8.47. The molecular formula is C20H18FNO3. The zero-order valence-electron chi connectivity index (χ0n) is 13.7. The lowest BCUT2D eigenvalue weighted by atomic mass is 9.96. The van der Waals surface area contributed by atoms with E-state index in [0.29, 0.717) is 25.0 Å². The van der Waals surface area contributed by atoms with Crippen molar-refractivity contribution in [3.63, 3.8) is 0 Å². The van der Waals surface area contributed by atoms with Crippen molar-refractivity contribution < 1.29 is 18.7 Å². The van der Waals surface area contributed by atoms with E-state index in [9.17, 15) is 14.0 Å². The Morgan fingerprint density at radius 2 is 1.72 bits per heavy atom. The summed E-state index contributed by atoms with van der Waals surface area (Å²) in [4.78, 5) is 26.1. The standard InChI is InChI=1S/C20H18FNO3/c21-15-5-3-14(4-6-15)20(11-12-20)19(24)25-17-9-7-16(8-10-17)22-13-1-2-18(22)23/h3-10H,1-2,11-13H2. The lowest BCUT2D eigenvalue weighted by Gasteiger charge is -2.17. The van der Waals surface area contributed by atoms with Crippen LogP contribution in [0.25, 0.3) is 0 Å². The van der Waals surface area contributed by atoms with E-state index < -0.39 is 5.41 Å². The van der Waals surface area contributed by atoms with Crippen molar-refractivity contribution in [2.75, 3.05) is 11.4 Å². The molecular weight excluding hydrogens is 321 g/mol. The summed E-state index contributed by atoms with van der Waals surface area (Å²) in [7, 11) is 0. The molecule has 128 valence electrons. The predicted octanol–water partition coefficient (Wildman–Crippen LogP) is 3.59. The fraction of sp³-hybridized carbons (Fsp3) is 0.300. The predicted molar refractivity (Wildman–Crippen MR) is 91.0 cm³/mol. The van der Waals surface area contributed by atoms with Gasteiger partial charge in [-0.05, 0) is 61.2 Å². The summed E-state index contributed by atoms with van der Waals surface area (Å²) in [5, 5.41) is 0. The summed E-state index contributed by atoms with van der Waals surface area (Å²) in [6.07, 6.45) is 2.86. The number of rotatable bonds is 4. The van der Waals surface area contributed by atoms with Crippen molar-refractivity contribution in [2.24, 2.45) is 0 Å². The third-order valence-electron chi connectivity index (χ3n) is 4.97. The largest absolute Gasteiger partial charge is 0.426 e. The number of hydrogen-bond acceptors (Lipinski definition) is 3. The van der Waals surface area contributed by atoms with Gasteiger partial charge in [-0.2, -0.15) is 0 Å². The van der Waals surface area contributed by atoms with Gasteiger partial charge in [0.25, 0.3) is 0 Å². The number of benzene rings is 2. The maximum absolute atomic E-state index is 13.1. The molecule has 1 saturated carbocycles. The number of nitrogens with zero attached hydrogens (tertiary/aromatic N) is 1. The monoisotopic (exact) mass is 339 g/mol. The zero-order valence-corrected chi connectivity index (χ0v) is 13.7. The maximum Gasteiger partial charge on any atom is 0.321 e. The van der Waals surface area contributed by atoms with Gasteiger partial charge in [-0.15, -0.1) is 0 Å². The summed E-state index contributed by atoms with van der Waals surface area (Å²) in [6, 6.07) is 13.0. The number of carbonyl (C=O) groups is 2. The molecule has 25 heavy (non-hydrogen) atoms. The third kappa shape index (κ3) is 2.90. The lowest BCUT2D eigenvalue weighted by Crippen LogP contribution is -2.26. The molecule has 1 amide bonds. The van der Waals surface area contributed by atoms with Gasteiger partial charge in [-0.3, -0.25) is 9.59 Å². The molecule has 4 nitrogen and oxygen atoms in total. The van der Waals surface area contributed by atoms with Gasteiger partial charge in [-0.1, -0.05) is 12.1 Å². The molecule has 2 aliphatic rings. The highest BCUT2D eigenvalue weighted by atomic mass is 19.1. The molecule has 0 atom stereocenters. The molecule has 2 aromatic carbocycles. The van der Waals surface area contributed by atoms with Crippen LogP contribution in [0.5, 0.6) is 5.75 Å². The minimum atomic E-state index is -0.655. The van der Waals surface area contributed by atoms with E-state index >= 15 is 0 Å². The maximum atomic E-state index is 13.1. The van der Waals surface area contributed by atoms with Crippen molar-refractivity contribution >= 4 is 17.6 Å². The molecule has 1 saturated heterocycles. The minimum Gasteiger partial charge on any atom is -0.426 e. The summed E-state index contributed by atoms with van der Waals surface area (Å²) >= 11 is 0. The summed E-state index contributed by atoms with van der Waals surface area (Å²) in [5.74, 6) is -0.0594. The second-order valence-electron chi connectivity index (χ2n) is 6.62. The first-order valence-electron chi connectivity index (χ1n) is 8.47. The van der Waals surface area contributed by atoms with Crippen LogP contribution in [0.4, 0.5) is 10.1 Å². The van der Waals surface area contributed by atoms with Crippen LogP contribution >= 0.6 is 0 Å². The number of halogens is 1. The van der Waals surface area contributed by atoms with Gasteiger partial charge >= 0.3 is 5.97 Å². The highest BCUT2D eigenvalue weighted by Crippen LogP contribution is 2.49. The molecule has 0 spiro atoms. The Kier molecular flexibility index (Phi) is 3.79. The Balaban J connectivity index is 1.47. The van der Waals surface area contributed by atoms with E-state index in [2.05, 4.69) is 0 Å². The van der Waals surface area contributed by atoms with Gasteiger partial charge in [-0.25, -0.2) is 4.39 Å². The molecule has 0 unspecified atom stereocenters. The molecule has 1 aliphatic heterocycles. The van der Waals surface area contributed by atoms with Gasteiger partial charge in [0.15, 0.2) is 0 Å². The van der Waals surface area contributed by atoms with Crippen molar-refractivity contribution in [3.05, 3.63) is 59.9 Å². The smallest absolute Gasteiger partial charge is 0.321 e. The van der Waals surface area contributed by atoms with Gasteiger partial charge in [0.05, 0.1) is 5.41 Å². The van der Waals surface area contributed by atoms with Crippen molar-refractivity contribution in [2.45, 2.75) is 31.1 Å². The summed E-state index contributed by atoms with van der Waals surface area (Å²) in [6.45, 7) is 0.728. The van der Waals surface area contributed by atoms with Crippen LogP contribution in [0.3, 0.4) is 0 Å². The molecule has 0 radical (unpaired) electrons. The number of carbonyl (C=O) groups excluding carboxylic acids is 2. The summed E-state index contributed by atoms with van der Waals surface area (Å²) in [5.41, 5.74) is 0.956. The zero-order chi connectivity index (χ0) is 17.4. The Hall–Kier alpha value is -2.69. The second-order valence-corrected chi connectivity index (χ2v) is 6.62. The molecule has 2 fully saturated rings. The SMILES string of the molecule is O=C1CCCN1c1ccc(OC(=O)C2(c3ccc(F)cc3)CC2)cc1. The second kappa shape index (κ2) is 5.99. The van der Waals surface area contributed by atoms with E-state index in [1.165, 1.54) is 12.1 Å². The highest BCUT2D eigenvalue weighted by molar-refractivity contribution is 5.95. The fourth-order valence-corrected chi connectivity index (χ4v) is 3.32. The number of amides is 1. The number of hydrogen-bond donors (Lipinski definition) is 0. The molecule has 2 aromatic rings. The Morgan fingerprint density at radius 1 is 1.04 bits per heavy atom. The van der Waals surface area contributed by atoms with Crippen LogP contribution in [0.15, 0.2) is 48.5 Å². The van der Waals surface area contributed by atoms with Gasteiger partial charge < -0.3 is 9.64 Å². The molecule has 0 aromatic heterocycles. The number of anilines is 1. The van der Waals surface area contributed by atoms with E-state index in [4.69, 9.17) is 4.74 Å². The van der Waals surface area contributed by atoms with Crippen molar-refractivity contribution in [1.29, 1.82) is 0 Å². The van der Waals surface area contributed by atoms with Crippen LogP contribution in [0.1, 0.15) is 31.2 Å². The van der Waals surface area contributed by atoms with Gasteiger partial charge in [0.2, 0.25) is 5.91 Å². The van der Waals surface area contributed by atoms with E-state index in [0.717, 1.165) is 24.2 Å². The Bertz CT molecular complexity index is 810. The van der Waals surface area contributed by atoms with Crippen LogP contribution in [0, 0.1) is 5.82 Å². The van der Waals surface area contributed by atoms with Crippen LogP contribution in [-0.4, -0.2) is 18.4 Å². The van der Waals surface area contributed by atoms with Crippen LogP contribution in [0.2, 0.25) is 0 Å². The van der Waals surface area contributed by atoms with Gasteiger partial charge in [0, 0.05) is 18.7 Å². The molecule has 1 heterocycles. The van der Waals surface area contributed by atoms with Crippen molar-refractivity contribution in [1.82, 2.24) is 0 Å². The molecule has 5 heteroatoms. The minimum absolute atomic E-state index is 0.123. The Labute approximate surface area is 145 Å². The molecule has 0 N–H and O–H groups in total. The average Bonchev–Trinajstić information content (AvgIpc) is 3.32. The topological polar surface area (TPSA) is 46.6 Å². The fourth-order valence-electron chi connectivity index (χ4n) is 3.32. The average molecular weight is 339 g/mol. The third-order valence-corrected chi connectivity index (χ3v) is 4.97. The quantitative estimate of drug-likeness (QED) is 0.632. The Morgan fingerprint density at radius 3 is 2.28 bits per heavy atom. The van der Waals surface area contributed by atoms with E-state index in [1.54, 1.807) is 41.3 Å². The molecule has 4 rings (SSSR count). The first-order chi connectivity index (χ1) is 12.1.